The number of nitrogens with zero attached hydrogens (tertiary/aromatic N) is 3. The molecule has 2 unspecified atom stereocenters. The van der Waals surface area contributed by atoms with Gasteiger partial charge in [-0.2, -0.15) is 0 Å². The van der Waals surface area contributed by atoms with Gasteiger partial charge in [-0.25, -0.2) is 9.36 Å². The molecule has 2 atom stereocenters. The minimum absolute atomic E-state index is 0.111. The van der Waals surface area contributed by atoms with Crippen molar-refractivity contribution in [2.24, 2.45) is 0 Å². The molecule has 2 bridgehead atoms. The minimum atomic E-state index is -0.361. The Balaban J connectivity index is 1.32. The Morgan fingerprint density at radius 1 is 1.06 bits per heavy atom. The van der Waals surface area contributed by atoms with E-state index in [1.807, 2.05) is 42.5 Å². The lowest BCUT2D eigenvalue weighted by Gasteiger charge is -2.27. The number of fused-ring (bicyclic) bond motifs is 6. The van der Waals surface area contributed by atoms with Crippen LogP contribution in [0.25, 0.3) is 16.5 Å². The van der Waals surface area contributed by atoms with Gasteiger partial charge in [0.1, 0.15) is 11.4 Å². The molecule has 0 spiro atoms. The second-order valence-electron chi connectivity index (χ2n) is 8.39. The van der Waals surface area contributed by atoms with Gasteiger partial charge in [0.05, 0.1) is 17.8 Å². The molecule has 0 aliphatic carbocycles. The summed E-state index contributed by atoms with van der Waals surface area (Å²) in [5, 5.41) is 13.6. The predicted octanol–water partition coefficient (Wildman–Crippen LogP) is 4.06. The molecule has 1 fully saturated rings. The van der Waals surface area contributed by atoms with Crippen LogP contribution in [-0.4, -0.2) is 38.2 Å². The van der Waals surface area contributed by atoms with Crippen molar-refractivity contribution in [1.82, 2.24) is 14.0 Å². The Labute approximate surface area is 194 Å². The fraction of sp³-hybridized carbons (Fsp3) is 0.200. The summed E-state index contributed by atoms with van der Waals surface area (Å²) in [6.45, 7) is 0.291. The van der Waals surface area contributed by atoms with E-state index in [2.05, 4.69) is 0 Å². The van der Waals surface area contributed by atoms with Gasteiger partial charge in [0.2, 0.25) is 5.88 Å². The van der Waals surface area contributed by atoms with Gasteiger partial charge in [-0.15, -0.1) is 0 Å². The molecule has 0 saturated carbocycles. The first kappa shape index (κ1) is 19.9. The van der Waals surface area contributed by atoms with Crippen molar-refractivity contribution in [3.8, 4) is 17.3 Å². The number of hydrogen-bond acceptors (Lipinski definition) is 4. The molecule has 1 N–H and O–H groups in total. The Hall–Kier alpha value is -3.71. The van der Waals surface area contributed by atoms with Crippen LogP contribution in [0.4, 0.5) is 0 Å². The van der Waals surface area contributed by atoms with Gasteiger partial charge in [-0.3, -0.25) is 9.36 Å². The number of halogens is 1. The van der Waals surface area contributed by atoms with Crippen LogP contribution in [0.2, 0.25) is 5.02 Å². The first-order valence-electron chi connectivity index (χ1n) is 10.7. The Bertz CT molecular complexity index is 1450. The average molecular weight is 462 g/mol. The van der Waals surface area contributed by atoms with Crippen LogP contribution in [0.5, 0.6) is 11.6 Å². The molecule has 6 rings (SSSR count). The molecule has 2 aliphatic heterocycles. The second-order valence-corrected chi connectivity index (χ2v) is 8.83. The zero-order valence-electron chi connectivity index (χ0n) is 17.5. The number of imidazole rings is 1. The van der Waals surface area contributed by atoms with Gasteiger partial charge >= 0.3 is 5.69 Å². The number of ether oxygens (including phenoxy) is 1. The lowest BCUT2D eigenvalue weighted by Crippen LogP contribution is -2.40. The van der Waals surface area contributed by atoms with Crippen LogP contribution in [-0.2, 0) is 4.79 Å². The van der Waals surface area contributed by atoms with E-state index in [-0.39, 0.29) is 36.2 Å². The molecule has 2 aliphatic rings. The van der Waals surface area contributed by atoms with E-state index in [9.17, 15) is 14.7 Å². The number of amides is 1. The number of benzene rings is 3. The summed E-state index contributed by atoms with van der Waals surface area (Å²) in [7, 11) is 0. The third-order valence-corrected chi connectivity index (χ3v) is 6.81. The highest BCUT2D eigenvalue weighted by Gasteiger charge is 2.49. The first-order chi connectivity index (χ1) is 16.0. The molecule has 4 aromatic rings. The van der Waals surface area contributed by atoms with Gasteiger partial charge in [-0.05, 0) is 42.1 Å². The standard InChI is InChI=1S/C25H20ClN3O4/c26-16-8-10-18(11-9-16)33-14-22(30)27-13-17-12-21(27)23-24(31)29(25(32)28(17)23)20-7-3-5-15-4-1-2-6-19(15)20/h1-11,17,21,31H,12-14H2. The first-order valence-corrected chi connectivity index (χ1v) is 11.1. The van der Waals surface area contributed by atoms with E-state index in [1.165, 1.54) is 4.57 Å². The molecular formula is C25H20ClN3O4. The van der Waals surface area contributed by atoms with E-state index in [1.54, 1.807) is 33.7 Å². The van der Waals surface area contributed by atoms with Crippen molar-refractivity contribution in [3.63, 3.8) is 0 Å². The third kappa shape index (κ3) is 3.03. The summed E-state index contributed by atoms with van der Waals surface area (Å²) in [5.41, 5.74) is 0.834. The van der Waals surface area contributed by atoms with E-state index in [0.29, 0.717) is 35.1 Å². The van der Waals surface area contributed by atoms with Crippen molar-refractivity contribution >= 4 is 28.3 Å². The monoisotopic (exact) mass is 461 g/mol. The molecule has 0 radical (unpaired) electrons. The summed E-state index contributed by atoms with van der Waals surface area (Å²) < 4.78 is 8.62. The van der Waals surface area contributed by atoms with Crippen LogP contribution in [0, 0.1) is 0 Å². The molecule has 8 heteroatoms. The van der Waals surface area contributed by atoms with E-state index >= 15 is 0 Å². The number of aromatic hydroxyl groups is 1. The Morgan fingerprint density at radius 3 is 2.64 bits per heavy atom. The quantitative estimate of drug-likeness (QED) is 0.497. The summed E-state index contributed by atoms with van der Waals surface area (Å²) in [6, 6.07) is 19.7. The highest BCUT2D eigenvalue weighted by atomic mass is 35.5. The maximum absolute atomic E-state index is 13.4. The predicted molar refractivity (Wildman–Crippen MR) is 124 cm³/mol. The number of carbonyl (C=O) groups excluding carboxylic acids is 1. The molecule has 1 amide bonds. The number of hydrogen-bond donors (Lipinski definition) is 1. The van der Waals surface area contributed by atoms with Crippen LogP contribution >= 0.6 is 11.6 Å². The largest absolute Gasteiger partial charge is 0.493 e. The van der Waals surface area contributed by atoms with E-state index in [0.717, 1.165) is 10.8 Å². The van der Waals surface area contributed by atoms with Crippen molar-refractivity contribution in [2.45, 2.75) is 18.5 Å². The SMILES string of the molecule is O=C(COc1ccc(Cl)cc1)N1CC2CC1c1c(O)n(-c3cccc4ccccc34)c(=O)n12. The molecule has 3 heterocycles. The van der Waals surface area contributed by atoms with Gasteiger partial charge in [0.25, 0.3) is 5.91 Å². The van der Waals surface area contributed by atoms with Gasteiger partial charge in [0, 0.05) is 17.0 Å². The maximum atomic E-state index is 13.4. The summed E-state index contributed by atoms with van der Waals surface area (Å²) in [5.74, 6) is 0.257. The van der Waals surface area contributed by atoms with Gasteiger partial charge in [0.15, 0.2) is 6.61 Å². The zero-order valence-corrected chi connectivity index (χ0v) is 18.3. The zero-order chi connectivity index (χ0) is 22.7. The Kier molecular flexibility index (Phi) is 4.48. The number of likely N-dealkylation sites (tertiary alicyclic amines) is 1. The van der Waals surface area contributed by atoms with Gasteiger partial charge < -0.3 is 14.7 Å². The topological polar surface area (TPSA) is 76.7 Å². The van der Waals surface area contributed by atoms with Crippen LogP contribution in [0.1, 0.15) is 24.2 Å². The summed E-state index contributed by atoms with van der Waals surface area (Å²) in [4.78, 5) is 28.0. The third-order valence-electron chi connectivity index (χ3n) is 6.56. The van der Waals surface area contributed by atoms with E-state index < -0.39 is 0 Å². The fourth-order valence-electron chi connectivity index (χ4n) is 5.10. The van der Waals surface area contributed by atoms with Crippen LogP contribution in [0.3, 0.4) is 0 Å². The second kappa shape index (κ2) is 7.42. The lowest BCUT2D eigenvalue weighted by atomic mass is 10.1. The lowest BCUT2D eigenvalue weighted by molar-refractivity contribution is -0.134. The molecule has 1 saturated heterocycles. The fourth-order valence-corrected chi connectivity index (χ4v) is 5.23. The maximum Gasteiger partial charge on any atom is 0.336 e. The molecule has 3 aromatic carbocycles. The summed E-state index contributed by atoms with van der Waals surface area (Å²) in [6.07, 6.45) is 0.612. The van der Waals surface area contributed by atoms with Crippen molar-refractivity contribution in [1.29, 1.82) is 0 Å². The number of aromatic nitrogens is 2. The van der Waals surface area contributed by atoms with Crippen LogP contribution < -0.4 is 10.4 Å². The number of carbonyl (C=O) groups is 1. The minimum Gasteiger partial charge on any atom is -0.493 e. The molecule has 166 valence electrons. The highest BCUT2D eigenvalue weighted by Crippen LogP contribution is 2.48. The van der Waals surface area contributed by atoms with E-state index in [4.69, 9.17) is 16.3 Å². The van der Waals surface area contributed by atoms with Crippen molar-refractivity contribution in [3.05, 3.63) is 87.9 Å². The molecular weight excluding hydrogens is 442 g/mol. The normalized spacial score (nSPS) is 18.6. The average Bonchev–Trinajstić information content (AvgIpc) is 3.49. The molecule has 33 heavy (non-hydrogen) atoms. The molecule has 7 nitrogen and oxygen atoms in total. The smallest absolute Gasteiger partial charge is 0.336 e. The van der Waals surface area contributed by atoms with Crippen molar-refractivity contribution < 1.29 is 14.6 Å². The number of rotatable bonds is 4. The highest BCUT2D eigenvalue weighted by molar-refractivity contribution is 6.30. The Morgan fingerprint density at radius 2 is 1.82 bits per heavy atom. The summed E-state index contributed by atoms with van der Waals surface area (Å²) >= 11 is 5.89. The van der Waals surface area contributed by atoms with Gasteiger partial charge in [-0.1, -0.05) is 48.0 Å². The molecule has 1 aromatic heterocycles. The van der Waals surface area contributed by atoms with Crippen molar-refractivity contribution in [2.75, 3.05) is 13.2 Å². The van der Waals surface area contributed by atoms with Crippen LogP contribution in [0.15, 0.2) is 71.5 Å².